The topological polar surface area (TPSA) is 29.0 Å². The van der Waals surface area contributed by atoms with Gasteiger partial charge in [0, 0.05) is 18.8 Å². The summed E-state index contributed by atoms with van der Waals surface area (Å²) in [5.74, 6) is 1.43. The Balaban J connectivity index is 2.20. The predicted octanol–water partition coefficient (Wildman–Crippen LogP) is 2.98. The van der Waals surface area contributed by atoms with E-state index in [2.05, 4.69) is 21.8 Å². The largest absolute Gasteiger partial charge is 0.352 e. The van der Waals surface area contributed by atoms with Crippen molar-refractivity contribution in [1.29, 1.82) is 0 Å². The zero-order chi connectivity index (χ0) is 11.4. The zero-order valence-electron chi connectivity index (χ0n) is 9.69. The average Bonchev–Trinajstić information content (AvgIpc) is 2.38. The van der Waals surface area contributed by atoms with Crippen molar-refractivity contribution in [3.8, 4) is 0 Å². The number of hydrogen-bond donors (Lipinski definition) is 0. The Hall–Kier alpha value is -0.830. The minimum Gasteiger partial charge on any atom is -0.352 e. The van der Waals surface area contributed by atoms with Crippen molar-refractivity contribution in [2.75, 3.05) is 11.4 Å². The molecule has 1 unspecified atom stereocenters. The number of anilines is 1. The molecule has 3 nitrogen and oxygen atoms in total. The molecule has 0 radical (unpaired) electrons. The van der Waals surface area contributed by atoms with Gasteiger partial charge in [-0.25, -0.2) is 4.98 Å². The van der Waals surface area contributed by atoms with Crippen molar-refractivity contribution in [1.82, 2.24) is 9.97 Å². The third-order valence-electron chi connectivity index (χ3n) is 3.20. The Bertz CT molecular complexity index is 343. The fourth-order valence-corrected chi connectivity index (χ4v) is 2.45. The van der Waals surface area contributed by atoms with Crippen molar-refractivity contribution in [3.05, 3.63) is 18.1 Å². The number of halogens is 1. The molecular formula is C12H18ClN3. The second kappa shape index (κ2) is 5.48. The SMILES string of the molecule is CCC1CCCCN1c1cncc(CCl)n1. The first-order chi connectivity index (χ1) is 7.85. The van der Waals surface area contributed by atoms with E-state index in [0.717, 1.165) is 18.1 Å². The zero-order valence-corrected chi connectivity index (χ0v) is 10.5. The fourth-order valence-electron chi connectivity index (χ4n) is 2.32. The molecule has 0 N–H and O–H groups in total. The van der Waals surface area contributed by atoms with Gasteiger partial charge < -0.3 is 4.90 Å². The van der Waals surface area contributed by atoms with Crippen LogP contribution in [0.15, 0.2) is 12.4 Å². The number of alkyl halides is 1. The van der Waals surface area contributed by atoms with E-state index in [0.29, 0.717) is 11.9 Å². The Morgan fingerprint density at radius 2 is 2.31 bits per heavy atom. The van der Waals surface area contributed by atoms with Crippen molar-refractivity contribution in [2.24, 2.45) is 0 Å². The van der Waals surface area contributed by atoms with Gasteiger partial charge in [0.05, 0.1) is 17.8 Å². The Labute approximate surface area is 102 Å². The third-order valence-corrected chi connectivity index (χ3v) is 3.48. The summed E-state index contributed by atoms with van der Waals surface area (Å²) in [5, 5.41) is 0. The van der Waals surface area contributed by atoms with Crippen LogP contribution >= 0.6 is 11.6 Å². The molecule has 1 aliphatic rings. The molecule has 1 fully saturated rings. The maximum atomic E-state index is 5.79. The molecule has 16 heavy (non-hydrogen) atoms. The highest BCUT2D eigenvalue weighted by Gasteiger charge is 2.22. The van der Waals surface area contributed by atoms with Crippen molar-refractivity contribution >= 4 is 17.4 Å². The minimum absolute atomic E-state index is 0.436. The minimum atomic E-state index is 0.436. The van der Waals surface area contributed by atoms with E-state index in [1.54, 1.807) is 6.20 Å². The lowest BCUT2D eigenvalue weighted by molar-refractivity contribution is 0.446. The molecule has 2 rings (SSSR count). The van der Waals surface area contributed by atoms with Crippen LogP contribution in [0.5, 0.6) is 0 Å². The van der Waals surface area contributed by atoms with Gasteiger partial charge in [0.25, 0.3) is 0 Å². The summed E-state index contributed by atoms with van der Waals surface area (Å²) in [7, 11) is 0. The Kier molecular flexibility index (Phi) is 3.99. The van der Waals surface area contributed by atoms with Gasteiger partial charge in [-0.15, -0.1) is 11.6 Å². The van der Waals surface area contributed by atoms with Crippen molar-refractivity contribution in [2.45, 2.75) is 44.5 Å². The molecule has 1 aromatic heterocycles. The second-order valence-electron chi connectivity index (χ2n) is 4.25. The van der Waals surface area contributed by atoms with Crippen LogP contribution in [0, 0.1) is 0 Å². The highest BCUT2D eigenvalue weighted by atomic mass is 35.5. The van der Waals surface area contributed by atoms with Gasteiger partial charge in [-0.3, -0.25) is 4.98 Å². The van der Waals surface area contributed by atoms with E-state index in [1.807, 2.05) is 6.20 Å². The molecule has 88 valence electrons. The second-order valence-corrected chi connectivity index (χ2v) is 4.52. The smallest absolute Gasteiger partial charge is 0.147 e. The average molecular weight is 240 g/mol. The van der Waals surface area contributed by atoms with E-state index in [4.69, 9.17) is 11.6 Å². The van der Waals surface area contributed by atoms with Gasteiger partial charge in [0.15, 0.2) is 0 Å². The molecule has 0 saturated carbocycles. The van der Waals surface area contributed by atoms with E-state index in [9.17, 15) is 0 Å². The summed E-state index contributed by atoms with van der Waals surface area (Å²) < 4.78 is 0. The Morgan fingerprint density at radius 1 is 1.44 bits per heavy atom. The third kappa shape index (κ3) is 2.46. The fraction of sp³-hybridized carbons (Fsp3) is 0.667. The normalized spacial score (nSPS) is 21.1. The standard InChI is InChI=1S/C12H18ClN3/c1-2-11-5-3-4-6-16(11)12-9-14-8-10(7-13)15-12/h8-9,11H,2-7H2,1H3. The molecule has 0 bridgehead atoms. The van der Waals surface area contributed by atoms with Crippen LogP contribution in [-0.4, -0.2) is 22.6 Å². The molecule has 2 heterocycles. The monoisotopic (exact) mass is 239 g/mol. The number of aromatic nitrogens is 2. The van der Waals surface area contributed by atoms with Gasteiger partial charge in [-0.1, -0.05) is 6.92 Å². The lowest BCUT2D eigenvalue weighted by Crippen LogP contribution is -2.39. The first kappa shape index (κ1) is 11.6. The van der Waals surface area contributed by atoms with Crippen LogP contribution in [0.1, 0.15) is 38.3 Å². The van der Waals surface area contributed by atoms with Crippen LogP contribution in [0.2, 0.25) is 0 Å². The summed E-state index contributed by atoms with van der Waals surface area (Å²) in [6.45, 7) is 3.33. The van der Waals surface area contributed by atoms with Crippen molar-refractivity contribution < 1.29 is 0 Å². The first-order valence-corrected chi connectivity index (χ1v) is 6.52. The summed E-state index contributed by atoms with van der Waals surface area (Å²) in [4.78, 5) is 11.1. The summed E-state index contributed by atoms with van der Waals surface area (Å²) in [5.41, 5.74) is 0.861. The molecule has 0 spiro atoms. The van der Waals surface area contributed by atoms with Gasteiger partial charge in [0.2, 0.25) is 0 Å². The first-order valence-electron chi connectivity index (χ1n) is 5.98. The molecular weight excluding hydrogens is 222 g/mol. The highest BCUT2D eigenvalue weighted by molar-refractivity contribution is 6.16. The van der Waals surface area contributed by atoms with E-state index in [1.165, 1.54) is 25.7 Å². The number of rotatable bonds is 3. The predicted molar refractivity (Wildman–Crippen MR) is 66.9 cm³/mol. The summed E-state index contributed by atoms with van der Waals surface area (Å²) >= 11 is 5.79. The molecule has 0 aliphatic carbocycles. The van der Waals surface area contributed by atoms with Crippen molar-refractivity contribution in [3.63, 3.8) is 0 Å². The van der Waals surface area contributed by atoms with Crippen LogP contribution in [0.25, 0.3) is 0 Å². The van der Waals surface area contributed by atoms with Crippen LogP contribution < -0.4 is 4.90 Å². The molecule has 0 amide bonds. The molecule has 1 aliphatic heterocycles. The van der Waals surface area contributed by atoms with E-state index in [-0.39, 0.29) is 0 Å². The summed E-state index contributed by atoms with van der Waals surface area (Å²) in [6, 6.07) is 0.619. The molecule has 4 heteroatoms. The molecule has 1 atom stereocenters. The number of hydrogen-bond acceptors (Lipinski definition) is 3. The molecule has 1 saturated heterocycles. The summed E-state index contributed by atoms with van der Waals surface area (Å²) in [6.07, 6.45) is 8.61. The van der Waals surface area contributed by atoms with Gasteiger partial charge in [-0.05, 0) is 25.7 Å². The van der Waals surface area contributed by atoms with E-state index < -0.39 is 0 Å². The maximum absolute atomic E-state index is 5.79. The van der Waals surface area contributed by atoms with Crippen LogP contribution in [-0.2, 0) is 5.88 Å². The molecule has 1 aromatic rings. The van der Waals surface area contributed by atoms with Gasteiger partial charge in [-0.2, -0.15) is 0 Å². The maximum Gasteiger partial charge on any atom is 0.147 e. The lowest BCUT2D eigenvalue weighted by atomic mass is 10.0. The van der Waals surface area contributed by atoms with Crippen LogP contribution in [0.4, 0.5) is 5.82 Å². The molecule has 0 aromatic carbocycles. The van der Waals surface area contributed by atoms with Crippen LogP contribution in [0.3, 0.4) is 0 Å². The number of nitrogens with zero attached hydrogens (tertiary/aromatic N) is 3. The Morgan fingerprint density at radius 3 is 3.06 bits per heavy atom. The lowest BCUT2D eigenvalue weighted by Gasteiger charge is -2.36. The quantitative estimate of drug-likeness (QED) is 0.760. The highest BCUT2D eigenvalue weighted by Crippen LogP contribution is 2.24. The van der Waals surface area contributed by atoms with Gasteiger partial charge >= 0.3 is 0 Å². The van der Waals surface area contributed by atoms with E-state index >= 15 is 0 Å². The van der Waals surface area contributed by atoms with Gasteiger partial charge in [0.1, 0.15) is 5.82 Å². The number of piperidine rings is 1.